The molecule has 2 aromatic rings. The molecule has 100 valence electrons. The Labute approximate surface area is 117 Å². The zero-order valence-electron chi connectivity index (χ0n) is 11.0. The first-order valence-electron chi connectivity index (χ1n) is 6.49. The molecule has 20 heavy (non-hydrogen) atoms. The van der Waals surface area contributed by atoms with E-state index in [2.05, 4.69) is 24.8 Å². The second-order valence-electron chi connectivity index (χ2n) is 4.55. The first-order valence-corrected chi connectivity index (χ1v) is 6.49. The molecule has 0 atom stereocenters. The quantitative estimate of drug-likeness (QED) is 0.810. The van der Waals surface area contributed by atoms with Gasteiger partial charge in [-0.1, -0.05) is 0 Å². The minimum absolute atomic E-state index is 0.451. The summed E-state index contributed by atoms with van der Waals surface area (Å²) in [6.07, 6.45) is 6.95. The van der Waals surface area contributed by atoms with Crippen LogP contribution in [0.3, 0.4) is 0 Å². The van der Waals surface area contributed by atoms with E-state index in [1.807, 2.05) is 12.1 Å². The highest BCUT2D eigenvalue weighted by atomic mass is 15.3. The fraction of sp³-hybridized carbons (Fsp3) is 0.286. The molecule has 3 heterocycles. The van der Waals surface area contributed by atoms with Crippen LogP contribution in [0.2, 0.25) is 0 Å². The average Bonchev–Trinajstić information content (AvgIpc) is 2.56. The molecule has 6 heteroatoms. The number of hydrogen-bond donors (Lipinski definition) is 0. The van der Waals surface area contributed by atoms with Crippen molar-refractivity contribution in [1.29, 1.82) is 5.26 Å². The van der Waals surface area contributed by atoms with Gasteiger partial charge in [0.25, 0.3) is 0 Å². The Balaban J connectivity index is 1.65. The Bertz CT molecular complexity index is 596. The van der Waals surface area contributed by atoms with Gasteiger partial charge >= 0.3 is 0 Å². The lowest BCUT2D eigenvalue weighted by molar-refractivity contribution is 0.645. The molecule has 0 amide bonds. The molecule has 1 fully saturated rings. The zero-order chi connectivity index (χ0) is 13.8. The first-order chi connectivity index (χ1) is 9.86. The number of pyridine rings is 1. The molecule has 0 radical (unpaired) electrons. The molecular formula is C14H14N6. The summed E-state index contributed by atoms with van der Waals surface area (Å²) in [6, 6.07) is 5.73. The molecular weight excluding hydrogens is 252 g/mol. The van der Waals surface area contributed by atoms with Gasteiger partial charge in [0.1, 0.15) is 17.6 Å². The molecule has 0 N–H and O–H groups in total. The Morgan fingerprint density at radius 3 is 2.35 bits per heavy atom. The molecule has 0 aliphatic carbocycles. The van der Waals surface area contributed by atoms with Gasteiger partial charge in [-0.2, -0.15) is 5.26 Å². The van der Waals surface area contributed by atoms with Gasteiger partial charge in [0.15, 0.2) is 0 Å². The van der Waals surface area contributed by atoms with E-state index in [0.29, 0.717) is 5.69 Å². The number of hydrogen-bond acceptors (Lipinski definition) is 6. The van der Waals surface area contributed by atoms with Crippen LogP contribution in [0.1, 0.15) is 5.69 Å². The van der Waals surface area contributed by atoms with Gasteiger partial charge in [0.2, 0.25) is 0 Å². The Hall–Kier alpha value is -2.68. The lowest BCUT2D eigenvalue weighted by atomic mass is 10.2. The largest absolute Gasteiger partial charge is 0.367 e. The number of piperazine rings is 1. The Morgan fingerprint density at radius 2 is 1.75 bits per heavy atom. The van der Waals surface area contributed by atoms with E-state index in [1.54, 1.807) is 30.9 Å². The van der Waals surface area contributed by atoms with Crippen LogP contribution in [0.15, 0.2) is 36.9 Å². The molecule has 0 unspecified atom stereocenters. The van der Waals surface area contributed by atoms with E-state index >= 15 is 0 Å². The van der Waals surface area contributed by atoms with E-state index in [9.17, 15) is 0 Å². The van der Waals surface area contributed by atoms with Crippen molar-refractivity contribution >= 4 is 11.5 Å². The number of aromatic nitrogens is 3. The van der Waals surface area contributed by atoms with Crippen molar-refractivity contribution in [2.24, 2.45) is 0 Å². The first kappa shape index (κ1) is 12.4. The topological polar surface area (TPSA) is 68.9 Å². The van der Waals surface area contributed by atoms with Gasteiger partial charge in [-0.15, -0.1) is 0 Å². The van der Waals surface area contributed by atoms with E-state index < -0.39 is 0 Å². The summed E-state index contributed by atoms with van der Waals surface area (Å²) in [5, 5.41) is 8.75. The average molecular weight is 266 g/mol. The minimum Gasteiger partial charge on any atom is -0.367 e. The molecule has 1 saturated heterocycles. The van der Waals surface area contributed by atoms with E-state index in [4.69, 9.17) is 5.26 Å². The monoisotopic (exact) mass is 266 g/mol. The van der Waals surface area contributed by atoms with Crippen molar-refractivity contribution in [3.8, 4) is 6.07 Å². The molecule has 0 bridgehead atoms. The Morgan fingerprint density at radius 1 is 0.950 bits per heavy atom. The third-order valence-electron chi connectivity index (χ3n) is 3.38. The molecule has 0 aromatic carbocycles. The van der Waals surface area contributed by atoms with Crippen LogP contribution in [0.25, 0.3) is 0 Å². The molecule has 2 aromatic heterocycles. The lowest BCUT2D eigenvalue weighted by Crippen LogP contribution is -2.46. The fourth-order valence-corrected chi connectivity index (χ4v) is 2.29. The van der Waals surface area contributed by atoms with Crippen LogP contribution in [-0.2, 0) is 0 Å². The smallest absolute Gasteiger partial charge is 0.147 e. The highest BCUT2D eigenvalue weighted by molar-refractivity contribution is 5.48. The van der Waals surface area contributed by atoms with Crippen LogP contribution in [0.5, 0.6) is 0 Å². The molecule has 6 nitrogen and oxygen atoms in total. The Kier molecular flexibility index (Phi) is 3.42. The molecule has 1 aliphatic heterocycles. The number of anilines is 2. The predicted octanol–water partition coefficient (Wildman–Crippen LogP) is 1.07. The standard InChI is InChI=1S/C14H14N6/c15-9-12-1-2-13(10-18-12)19-5-7-20(8-6-19)14-11-16-3-4-17-14/h1-4,10-11H,5-8H2. The summed E-state index contributed by atoms with van der Waals surface area (Å²) in [5.41, 5.74) is 1.51. The summed E-state index contributed by atoms with van der Waals surface area (Å²) in [5.74, 6) is 0.921. The minimum atomic E-state index is 0.451. The maximum Gasteiger partial charge on any atom is 0.147 e. The highest BCUT2D eigenvalue weighted by Crippen LogP contribution is 2.17. The lowest BCUT2D eigenvalue weighted by Gasteiger charge is -2.36. The van der Waals surface area contributed by atoms with Crippen molar-refractivity contribution < 1.29 is 0 Å². The fourth-order valence-electron chi connectivity index (χ4n) is 2.29. The predicted molar refractivity (Wildman–Crippen MR) is 75.4 cm³/mol. The number of rotatable bonds is 2. The van der Waals surface area contributed by atoms with Crippen LogP contribution >= 0.6 is 0 Å². The summed E-state index contributed by atoms with van der Waals surface area (Å²) >= 11 is 0. The number of nitriles is 1. The van der Waals surface area contributed by atoms with Crippen molar-refractivity contribution in [3.63, 3.8) is 0 Å². The van der Waals surface area contributed by atoms with Crippen molar-refractivity contribution in [2.75, 3.05) is 36.0 Å². The number of nitrogens with zero attached hydrogens (tertiary/aromatic N) is 6. The van der Waals surface area contributed by atoms with E-state index in [0.717, 1.165) is 37.7 Å². The normalized spacial score (nSPS) is 14.9. The van der Waals surface area contributed by atoms with E-state index in [-0.39, 0.29) is 0 Å². The summed E-state index contributed by atoms with van der Waals surface area (Å²) in [4.78, 5) is 17.0. The van der Waals surface area contributed by atoms with Crippen molar-refractivity contribution in [1.82, 2.24) is 15.0 Å². The molecule has 0 spiro atoms. The van der Waals surface area contributed by atoms with Gasteiger partial charge in [-0.3, -0.25) is 4.98 Å². The molecule has 3 rings (SSSR count). The van der Waals surface area contributed by atoms with Gasteiger partial charge in [0.05, 0.1) is 18.1 Å². The third-order valence-corrected chi connectivity index (χ3v) is 3.38. The van der Waals surface area contributed by atoms with Gasteiger partial charge < -0.3 is 9.80 Å². The van der Waals surface area contributed by atoms with E-state index in [1.165, 1.54) is 0 Å². The second kappa shape index (κ2) is 5.53. The van der Waals surface area contributed by atoms with Crippen molar-refractivity contribution in [2.45, 2.75) is 0 Å². The molecule has 1 aliphatic rings. The van der Waals surface area contributed by atoms with Crippen LogP contribution < -0.4 is 9.80 Å². The van der Waals surface area contributed by atoms with Crippen LogP contribution in [-0.4, -0.2) is 41.1 Å². The molecule has 0 saturated carbocycles. The van der Waals surface area contributed by atoms with Crippen LogP contribution in [0, 0.1) is 11.3 Å². The third kappa shape index (κ3) is 2.52. The second-order valence-corrected chi connectivity index (χ2v) is 4.55. The summed E-state index contributed by atoms with van der Waals surface area (Å²) < 4.78 is 0. The zero-order valence-corrected chi connectivity index (χ0v) is 11.0. The highest BCUT2D eigenvalue weighted by Gasteiger charge is 2.18. The van der Waals surface area contributed by atoms with Gasteiger partial charge in [-0.05, 0) is 12.1 Å². The van der Waals surface area contributed by atoms with Gasteiger partial charge in [-0.25, -0.2) is 9.97 Å². The van der Waals surface area contributed by atoms with Crippen molar-refractivity contribution in [3.05, 3.63) is 42.6 Å². The maximum absolute atomic E-state index is 8.75. The maximum atomic E-state index is 8.75. The SMILES string of the molecule is N#Cc1ccc(N2CCN(c3cnccn3)CC2)cn1. The summed E-state index contributed by atoms with van der Waals surface area (Å²) in [6.45, 7) is 3.62. The summed E-state index contributed by atoms with van der Waals surface area (Å²) in [7, 11) is 0. The van der Waals surface area contributed by atoms with Crippen LogP contribution in [0.4, 0.5) is 11.5 Å². The van der Waals surface area contributed by atoms with Gasteiger partial charge in [0, 0.05) is 38.6 Å².